The van der Waals surface area contributed by atoms with E-state index in [0.717, 1.165) is 5.39 Å². The van der Waals surface area contributed by atoms with Crippen molar-refractivity contribution in [1.29, 1.82) is 5.41 Å². The molecule has 25 heavy (non-hydrogen) atoms. The number of ketones is 1. The highest BCUT2D eigenvalue weighted by molar-refractivity contribution is 6.08. The van der Waals surface area contributed by atoms with Gasteiger partial charge >= 0.3 is 0 Å². The Kier molecular flexibility index (Phi) is 5.49. The molecular weight excluding hydrogens is 314 g/mol. The lowest BCUT2D eigenvalue weighted by Gasteiger charge is -2.15. The molecule has 0 spiro atoms. The van der Waals surface area contributed by atoms with Gasteiger partial charge in [0, 0.05) is 16.7 Å². The van der Waals surface area contributed by atoms with Crippen molar-refractivity contribution in [2.45, 2.75) is 20.8 Å². The van der Waals surface area contributed by atoms with Crippen LogP contribution in [-0.4, -0.2) is 16.5 Å². The fourth-order valence-corrected chi connectivity index (χ4v) is 2.28. The maximum Gasteiger partial charge on any atom is 0.159 e. The number of pyridine rings is 1. The van der Waals surface area contributed by atoms with Crippen LogP contribution in [0.4, 0.5) is 5.82 Å². The Morgan fingerprint density at radius 1 is 1.28 bits per heavy atom. The lowest BCUT2D eigenvalue weighted by Crippen LogP contribution is -2.07. The number of nitrogens with two attached hydrogens (primary N) is 1. The van der Waals surface area contributed by atoms with E-state index in [1.807, 2.05) is 31.2 Å². The van der Waals surface area contributed by atoms with Gasteiger partial charge in [-0.15, -0.1) is 0 Å². The van der Waals surface area contributed by atoms with E-state index in [4.69, 9.17) is 15.9 Å². The molecule has 0 atom stereocenters. The van der Waals surface area contributed by atoms with Crippen LogP contribution in [-0.2, 0) is 4.79 Å². The number of nitrogens with zero attached hydrogens (tertiary/aromatic N) is 1. The van der Waals surface area contributed by atoms with Crippen LogP contribution in [0, 0.1) is 5.41 Å². The first kappa shape index (κ1) is 18.1. The molecule has 0 saturated heterocycles. The van der Waals surface area contributed by atoms with E-state index in [1.165, 1.54) is 6.92 Å². The Bertz CT molecular complexity index is 924. The van der Waals surface area contributed by atoms with E-state index >= 15 is 0 Å². The number of para-hydroxylation sites is 1. The van der Waals surface area contributed by atoms with Gasteiger partial charge in [0.05, 0.1) is 11.1 Å². The largest absolute Gasteiger partial charge is 0.456 e. The van der Waals surface area contributed by atoms with Gasteiger partial charge in [-0.2, -0.15) is 0 Å². The van der Waals surface area contributed by atoms with Crippen LogP contribution in [0.15, 0.2) is 60.4 Å². The van der Waals surface area contributed by atoms with Crippen molar-refractivity contribution in [2.24, 2.45) is 0 Å². The molecule has 1 heterocycles. The first-order chi connectivity index (χ1) is 11.8. The monoisotopic (exact) mass is 335 g/mol. The molecule has 2 rings (SSSR count). The van der Waals surface area contributed by atoms with Crippen LogP contribution in [0.1, 0.15) is 26.3 Å². The van der Waals surface area contributed by atoms with Crippen LogP contribution in [0.25, 0.3) is 10.9 Å². The highest BCUT2D eigenvalue weighted by atomic mass is 16.5. The number of nitrogen functional groups attached to an aromatic ring is 1. The number of carbonyl (C=O) groups excluding carboxylic acids is 1. The number of anilines is 1. The van der Waals surface area contributed by atoms with Crippen LogP contribution in [0.2, 0.25) is 0 Å². The minimum Gasteiger partial charge on any atom is -0.456 e. The summed E-state index contributed by atoms with van der Waals surface area (Å²) in [5.41, 5.74) is 7.82. The number of carbonyl (C=O) groups is 1. The van der Waals surface area contributed by atoms with Gasteiger partial charge in [-0.05, 0) is 51.1 Å². The summed E-state index contributed by atoms with van der Waals surface area (Å²) < 4.78 is 6.04. The Balaban J connectivity index is 2.55. The van der Waals surface area contributed by atoms with Crippen LogP contribution in [0.3, 0.4) is 0 Å². The highest BCUT2D eigenvalue weighted by Crippen LogP contribution is 2.34. The van der Waals surface area contributed by atoms with Crippen molar-refractivity contribution in [3.05, 3.63) is 66.0 Å². The maximum absolute atomic E-state index is 11.3. The van der Waals surface area contributed by atoms with Gasteiger partial charge in [0.25, 0.3) is 0 Å². The molecule has 0 amide bonds. The van der Waals surface area contributed by atoms with Crippen LogP contribution in [0.5, 0.6) is 5.75 Å². The molecule has 128 valence electrons. The van der Waals surface area contributed by atoms with Gasteiger partial charge in [-0.25, -0.2) is 4.98 Å². The average Bonchev–Trinajstić information content (AvgIpc) is 2.57. The van der Waals surface area contributed by atoms with Crippen molar-refractivity contribution < 1.29 is 9.53 Å². The summed E-state index contributed by atoms with van der Waals surface area (Å²) in [6, 6.07) is 7.45. The summed E-state index contributed by atoms with van der Waals surface area (Å²) in [4.78, 5) is 15.7. The topological polar surface area (TPSA) is 89.1 Å². The Morgan fingerprint density at radius 3 is 2.56 bits per heavy atom. The van der Waals surface area contributed by atoms with Gasteiger partial charge in [-0.1, -0.05) is 18.7 Å². The third-order valence-corrected chi connectivity index (χ3v) is 3.65. The zero-order valence-electron chi connectivity index (χ0n) is 14.6. The zero-order chi connectivity index (χ0) is 18.6. The number of ether oxygens (including phenoxy) is 1. The summed E-state index contributed by atoms with van der Waals surface area (Å²) in [7, 11) is 0. The molecule has 0 aliphatic heterocycles. The summed E-state index contributed by atoms with van der Waals surface area (Å²) in [6.45, 7) is 8.60. The number of allylic oxidation sites excluding steroid dienone is 4. The molecule has 0 unspecified atom stereocenters. The predicted octanol–water partition coefficient (Wildman–Crippen LogP) is 4.19. The lowest BCUT2D eigenvalue weighted by atomic mass is 10.1. The predicted molar refractivity (Wildman–Crippen MR) is 102 cm³/mol. The first-order valence-corrected chi connectivity index (χ1v) is 7.81. The van der Waals surface area contributed by atoms with Gasteiger partial charge in [0.2, 0.25) is 0 Å². The Labute approximate surface area is 147 Å². The molecule has 1 aromatic carbocycles. The van der Waals surface area contributed by atoms with E-state index in [9.17, 15) is 4.79 Å². The Hall–Kier alpha value is -3.21. The molecule has 3 N–H and O–H groups in total. The standard InChI is InChI=1S/C20H21N3O2/c1-5-15(11-10-12(2)14(4)24)25-19-16-8-6-7-9-17(16)23-20(22)18(19)13(3)21/h5-11,21H,2H2,1,3-4H3,(H2,22,23)/b11-10-,15-5+,21-13?. The van der Waals surface area contributed by atoms with E-state index < -0.39 is 0 Å². The quantitative estimate of drug-likeness (QED) is 0.358. The molecule has 0 fully saturated rings. The normalized spacial score (nSPS) is 11.7. The molecule has 0 aliphatic carbocycles. The van der Waals surface area contributed by atoms with Gasteiger partial charge in [0.15, 0.2) is 5.78 Å². The first-order valence-electron chi connectivity index (χ1n) is 7.81. The molecule has 2 aromatic rings. The molecule has 1 aromatic heterocycles. The number of fused-ring (bicyclic) bond motifs is 1. The molecule has 5 heteroatoms. The van der Waals surface area contributed by atoms with Crippen molar-refractivity contribution >= 4 is 28.2 Å². The van der Waals surface area contributed by atoms with Crippen molar-refractivity contribution in [2.75, 3.05) is 5.73 Å². The molecule has 5 nitrogen and oxygen atoms in total. The summed E-state index contributed by atoms with van der Waals surface area (Å²) in [5.74, 6) is 1.12. The minimum absolute atomic E-state index is 0.110. The summed E-state index contributed by atoms with van der Waals surface area (Å²) in [5, 5.41) is 8.78. The van der Waals surface area contributed by atoms with Gasteiger partial charge < -0.3 is 15.9 Å². The summed E-state index contributed by atoms with van der Waals surface area (Å²) >= 11 is 0. The molecule has 0 aliphatic rings. The molecule has 0 saturated carbocycles. The Morgan fingerprint density at radius 2 is 1.96 bits per heavy atom. The fraction of sp³-hybridized carbons (Fsp3) is 0.150. The molecule has 0 radical (unpaired) electrons. The van der Waals surface area contributed by atoms with Gasteiger partial charge in [0.1, 0.15) is 17.3 Å². The number of hydrogen-bond donors (Lipinski definition) is 2. The molecule has 0 bridgehead atoms. The number of nitrogens with one attached hydrogen (secondary N) is 1. The van der Waals surface area contributed by atoms with E-state index in [-0.39, 0.29) is 17.3 Å². The summed E-state index contributed by atoms with van der Waals surface area (Å²) in [6.07, 6.45) is 5.03. The number of benzene rings is 1. The number of rotatable bonds is 6. The number of aromatic nitrogens is 1. The lowest BCUT2D eigenvalue weighted by molar-refractivity contribution is -0.113. The third-order valence-electron chi connectivity index (χ3n) is 3.65. The second kappa shape index (κ2) is 7.57. The SMILES string of the molecule is C=C(/C=C\C(=C/C)Oc1c(C(C)=N)c(N)nc2ccccc12)C(C)=O. The maximum atomic E-state index is 11.3. The minimum atomic E-state index is -0.110. The third kappa shape index (κ3) is 4.01. The van der Waals surface area contributed by atoms with E-state index in [1.54, 1.807) is 25.2 Å². The molecular formula is C20H21N3O2. The van der Waals surface area contributed by atoms with E-state index in [0.29, 0.717) is 28.2 Å². The van der Waals surface area contributed by atoms with Crippen LogP contribution >= 0.6 is 0 Å². The second-order valence-corrected chi connectivity index (χ2v) is 5.55. The van der Waals surface area contributed by atoms with Gasteiger partial charge in [-0.3, -0.25) is 4.79 Å². The van der Waals surface area contributed by atoms with Crippen molar-refractivity contribution in [3.8, 4) is 5.75 Å². The van der Waals surface area contributed by atoms with E-state index in [2.05, 4.69) is 11.6 Å². The van der Waals surface area contributed by atoms with Crippen molar-refractivity contribution in [1.82, 2.24) is 4.98 Å². The fourth-order valence-electron chi connectivity index (χ4n) is 2.28. The second-order valence-electron chi connectivity index (χ2n) is 5.55. The smallest absolute Gasteiger partial charge is 0.159 e. The van der Waals surface area contributed by atoms with Crippen molar-refractivity contribution in [3.63, 3.8) is 0 Å². The number of hydrogen-bond acceptors (Lipinski definition) is 5. The highest BCUT2D eigenvalue weighted by Gasteiger charge is 2.17. The number of Topliss-reactive ketones (excluding diaryl/α,β-unsaturated/α-hetero) is 1. The zero-order valence-corrected chi connectivity index (χ0v) is 14.6. The average molecular weight is 335 g/mol. The van der Waals surface area contributed by atoms with Crippen LogP contribution < -0.4 is 10.5 Å².